The van der Waals surface area contributed by atoms with Crippen LogP contribution in [0.4, 0.5) is 15.9 Å². The summed E-state index contributed by atoms with van der Waals surface area (Å²) in [6.45, 7) is 7.88. The number of aromatic carboxylic acids is 1. The molecule has 33 heavy (non-hydrogen) atoms. The highest BCUT2D eigenvalue weighted by atomic mass is 19.1. The molecule has 0 spiro atoms. The number of halogens is 1. The Kier molecular flexibility index (Phi) is 5.91. The average molecular weight is 445 g/mol. The lowest BCUT2D eigenvalue weighted by molar-refractivity contribution is 0.0698. The molecule has 2 aromatic heterocycles. The van der Waals surface area contributed by atoms with Crippen LogP contribution >= 0.6 is 0 Å². The first-order chi connectivity index (χ1) is 15.7. The fourth-order valence-corrected chi connectivity index (χ4v) is 3.50. The van der Waals surface area contributed by atoms with Gasteiger partial charge in [-0.2, -0.15) is 9.78 Å². The normalized spacial score (nSPS) is 11.1. The molecule has 0 aliphatic heterocycles. The Hall–Kier alpha value is -4.07. The van der Waals surface area contributed by atoms with Gasteiger partial charge in [0.1, 0.15) is 11.6 Å². The maximum atomic E-state index is 14.0. The fourth-order valence-electron chi connectivity index (χ4n) is 3.50. The lowest BCUT2D eigenvalue weighted by atomic mass is 10.00. The molecule has 0 saturated heterocycles. The van der Waals surface area contributed by atoms with E-state index in [0.717, 1.165) is 17.7 Å². The number of aromatic nitrogens is 4. The van der Waals surface area contributed by atoms with E-state index in [-0.39, 0.29) is 11.3 Å². The molecule has 0 aliphatic carbocycles. The lowest BCUT2D eigenvalue weighted by Crippen LogP contribution is -2.10. The first-order valence-corrected chi connectivity index (χ1v) is 10.5. The zero-order valence-electron chi connectivity index (χ0n) is 18.8. The number of anilines is 2. The number of carbonyl (C=O) groups is 1. The Labute approximate surface area is 191 Å². The third-order valence-electron chi connectivity index (χ3n) is 5.28. The van der Waals surface area contributed by atoms with Crippen molar-refractivity contribution >= 4 is 17.5 Å². The van der Waals surface area contributed by atoms with Gasteiger partial charge in [-0.1, -0.05) is 32.0 Å². The molecule has 0 aliphatic rings. The number of rotatable bonds is 6. The van der Waals surface area contributed by atoms with Crippen LogP contribution in [0.2, 0.25) is 0 Å². The van der Waals surface area contributed by atoms with Gasteiger partial charge in [0.25, 0.3) is 0 Å². The topological polar surface area (TPSA) is 92.9 Å². The van der Waals surface area contributed by atoms with Gasteiger partial charge in [0.2, 0.25) is 0 Å². The molecule has 168 valence electrons. The van der Waals surface area contributed by atoms with Crippen LogP contribution in [0.5, 0.6) is 0 Å². The first-order valence-electron chi connectivity index (χ1n) is 10.5. The first kappa shape index (κ1) is 22.1. The largest absolute Gasteiger partial charge is 0.478 e. The zero-order valence-corrected chi connectivity index (χ0v) is 18.8. The molecule has 0 fully saturated rings. The number of hydrogen-bond acceptors (Lipinski definition) is 5. The zero-order chi connectivity index (χ0) is 23.7. The SMILES string of the molecule is Cc1cnc(C)c(-n2nc(-c3cccc(C(C)C)c3)cc2Nc2cc(F)ccc2C(=O)O)n1. The number of aryl methyl sites for hydroxylation is 2. The van der Waals surface area contributed by atoms with Gasteiger partial charge in [0, 0.05) is 17.8 Å². The number of nitrogens with zero attached hydrogens (tertiary/aromatic N) is 4. The van der Waals surface area contributed by atoms with Crippen molar-refractivity contribution in [2.45, 2.75) is 33.6 Å². The molecule has 0 bridgehead atoms. The second-order valence-corrected chi connectivity index (χ2v) is 8.15. The van der Waals surface area contributed by atoms with Gasteiger partial charge in [-0.15, -0.1) is 0 Å². The van der Waals surface area contributed by atoms with Crippen molar-refractivity contribution < 1.29 is 14.3 Å². The maximum absolute atomic E-state index is 14.0. The molecule has 0 unspecified atom stereocenters. The number of nitrogens with one attached hydrogen (secondary N) is 1. The van der Waals surface area contributed by atoms with Gasteiger partial charge < -0.3 is 10.4 Å². The Bertz CT molecular complexity index is 1350. The van der Waals surface area contributed by atoms with Gasteiger partial charge in [0.15, 0.2) is 5.82 Å². The highest BCUT2D eigenvalue weighted by Crippen LogP contribution is 2.30. The van der Waals surface area contributed by atoms with Crippen LogP contribution in [-0.4, -0.2) is 30.8 Å². The fraction of sp³-hybridized carbons (Fsp3) is 0.200. The Morgan fingerprint density at radius 2 is 1.91 bits per heavy atom. The minimum Gasteiger partial charge on any atom is -0.478 e. The summed E-state index contributed by atoms with van der Waals surface area (Å²) in [5, 5.41) is 17.4. The summed E-state index contributed by atoms with van der Waals surface area (Å²) in [6.07, 6.45) is 1.66. The third-order valence-corrected chi connectivity index (χ3v) is 5.28. The van der Waals surface area contributed by atoms with Crippen molar-refractivity contribution in [1.29, 1.82) is 0 Å². The van der Waals surface area contributed by atoms with E-state index in [1.807, 2.05) is 26.0 Å². The van der Waals surface area contributed by atoms with Gasteiger partial charge in [-0.25, -0.2) is 14.2 Å². The molecule has 0 amide bonds. The molecule has 4 aromatic rings. The molecule has 2 N–H and O–H groups in total. The van der Waals surface area contributed by atoms with Gasteiger partial charge in [-0.05, 0) is 49.6 Å². The summed E-state index contributed by atoms with van der Waals surface area (Å²) >= 11 is 0. The molecule has 0 atom stereocenters. The van der Waals surface area contributed by atoms with E-state index < -0.39 is 11.8 Å². The van der Waals surface area contributed by atoms with Crippen molar-refractivity contribution in [2.24, 2.45) is 0 Å². The molecule has 2 aromatic carbocycles. The van der Waals surface area contributed by atoms with Crippen LogP contribution < -0.4 is 5.32 Å². The molecule has 8 heteroatoms. The Balaban J connectivity index is 1.89. The minimum absolute atomic E-state index is 0.0560. The lowest BCUT2D eigenvalue weighted by Gasteiger charge is -2.13. The molecule has 0 saturated carbocycles. The monoisotopic (exact) mass is 445 g/mol. The smallest absolute Gasteiger partial charge is 0.337 e. The van der Waals surface area contributed by atoms with Crippen LogP contribution in [0.3, 0.4) is 0 Å². The number of hydrogen-bond donors (Lipinski definition) is 2. The van der Waals surface area contributed by atoms with Crippen LogP contribution in [0, 0.1) is 19.7 Å². The van der Waals surface area contributed by atoms with Crippen molar-refractivity contribution in [2.75, 3.05) is 5.32 Å². The summed E-state index contributed by atoms with van der Waals surface area (Å²) in [5.74, 6) is -0.432. The van der Waals surface area contributed by atoms with E-state index in [0.29, 0.717) is 34.6 Å². The number of carboxylic acid groups (broad SMARTS) is 1. The minimum atomic E-state index is -1.17. The van der Waals surface area contributed by atoms with Gasteiger partial charge in [-0.3, -0.25) is 4.98 Å². The second-order valence-electron chi connectivity index (χ2n) is 8.15. The summed E-state index contributed by atoms with van der Waals surface area (Å²) in [4.78, 5) is 20.7. The van der Waals surface area contributed by atoms with E-state index in [1.165, 1.54) is 11.6 Å². The van der Waals surface area contributed by atoms with Crippen molar-refractivity contribution in [3.8, 4) is 17.1 Å². The van der Waals surface area contributed by atoms with Crippen LogP contribution in [-0.2, 0) is 0 Å². The standard InChI is InChI=1S/C25H24FN5O2/c1-14(2)17-6-5-7-18(10-17)21-12-23(29-22-11-19(26)8-9-20(22)25(32)33)31(30-21)24-16(4)27-13-15(3)28-24/h5-14,29H,1-4H3,(H,32,33). The third kappa shape index (κ3) is 4.59. The maximum Gasteiger partial charge on any atom is 0.337 e. The van der Waals surface area contributed by atoms with E-state index in [2.05, 4.69) is 41.3 Å². The Morgan fingerprint density at radius 1 is 1.12 bits per heavy atom. The quantitative estimate of drug-likeness (QED) is 0.398. The van der Waals surface area contributed by atoms with Crippen LogP contribution in [0.15, 0.2) is 54.7 Å². The van der Waals surface area contributed by atoms with E-state index in [1.54, 1.807) is 16.9 Å². The molecular formula is C25H24FN5O2. The van der Waals surface area contributed by atoms with Crippen molar-refractivity contribution in [1.82, 2.24) is 19.7 Å². The average Bonchev–Trinajstić information content (AvgIpc) is 3.19. The molecule has 0 radical (unpaired) electrons. The number of benzene rings is 2. The van der Waals surface area contributed by atoms with E-state index >= 15 is 0 Å². The molecular weight excluding hydrogens is 421 g/mol. The second kappa shape index (κ2) is 8.82. The molecule has 2 heterocycles. The van der Waals surface area contributed by atoms with E-state index in [4.69, 9.17) is 5.10 Å². The van der Waals surface area contributed by atoms with Crippen LogP contribution in [0.25, 0.3) is 17.1 Å². The Morgan fingerprint density at radius 3 is 2.64 bits per heavy atom. The van der Waals surface area contributed by atoms with Gasteiger partial charge >= 0.3 is 5.97 Å². The highest BCUT2D eigenvalue weighted by Gasteiger charge is 2.18. The molecule has 4 rings (SSSR count). The van der Waals surface area contributed by atoms with Crippen LogP contribution in [0.1, 0.15) is 47.1 Å². The number of carboxylic acids is 1. The van der Waals surface area contributed by atoms with Crippen molar-refractivity contribution in [3.05, 3.63) is 83.1 Å². The predicted molar refractivity (Wildman–Crippen MR) is 125 cm³/mol. The summed E-state index contributed by atoms with van der Waals surface area (Å²) < 4.78 is 15.5. The summed E-state index contributed by atoms with van der Waals surface area (Å²) in [5.41, 5.74) is 4.14. The highest BCUT2D eigenvalue weighted by molar-refractivity contribution is 5.95. The summed E-state index contributed by atoms with van der Waals surface area (Å²) in [7, 11) is 0. The molecule has 7 nitrogen and oxygen atoms in total. The predicted octanol–water partition coefficient (Wildman–Crippen LogP) is 5.65. The summed E-state index contributed by atoms with van der Waals surface area (Å²) in [6, 6.07) is 13.4. The van der Waals surface area contributed by atoms with Crippen molar-refractivity contribution in [3.63, 3.8) is 0 Å². The van der Waals surface area contributed by atoms with Gasteiger partial charge in [0.05, 0.1) is 28.3 Å². The van der Waals surface area contributed by atoms with E-state index in [9.17, 15) is 14.3 Å².